The van der Waals surface area contributed by atoms with Gasteiger partial charge in [0.05, 0.1) is 11.6 Å². The van der Waals surface area contributed by atoms with E-state index in [0.717, 1.165) is 17.0 Å². The summed E-state index contributed by atoms with van der Waals surface area (Å²) < 4.78 is 5.42. The van der Waals surface area contributed by atoms with Gasteiger partial charge in [0, 0.05) is 12.8 Å². The van der Waals surface area contributed by atoms with E-state index in [1.165, 1.54) is 11.1 Å². The minimum Gasteiger partial charge on any atom is -0.444 e. The van der Waals surface area contributed by atoms with Crippen LogP contribution in [0.15, 0.2) is 26.7 Å². The number of aliphatic imine (C=N–C) groups is 1. The van der Waals surface area contributed by atoms with Gasteiger partial charge in [-0.15, -0.1) is 11.8 Å². The average molecular weight is 324 g/mol. The molecular weight excluding hydrogens is 296 g/mol. The third kappa shape index (κ3) is 5.52. The number of hydrogen-bond acceptors (Lipinski definition) is 4. The number of nitrogens with zero attached hydrogens (tertiary/aromatic N) is 2. The summed E-state index contributed by atoms with van der Waals surface area (Å²) in [5, 5.41) is 1.05. The number of amides is 1. The third-order valence-electron chi connectivity index (χ3n) is 3.42. The van der Waals surface area contributed by atoms with Crippen molar-refractivity contribution < 1.29 is 9.53 Å². The first kappa shape index (κ1) is 18.8. The molecule has 22 heavy (non-hydrogen) atoms. The zero-order valence-electron chi connectivity index (χ0n) is 14.8. The Morgan fingerprint density at radius 3 is 2.55 bits per heavy atom. The van der Waals surface area contributed by atoms with E-state index in [1.807, 2.05) is 40.2 Å². The van der Waals surface area contributed by atoms with Gasteiger partial charge in [0.25, 0.3) is 0 Å². The summed E-state index contributed by atoms with van der Waals surface area (Å²) >= 11 is 1.66. The Bertz CT molecular complexity index is 513. The van der Waals surface area contributed by atoms with Gasteiger partial charge in [0.1, 0.15) is 5.60 Å². The van der Waals surface area contributed by atoms with Gasteiger partial charge in [0.2, 0.25) is 0 Å². The summed E-state index contributed by atoms with van der Waals surface area (Å²) in [6.45, 7) is 13.1. The van der Waals surface area contributed by atoms with E-state index in [-0.39, 0.29) is 6.09 Å². The molecule has 0 atom stereocenters. The van der Waals surface area contributed by atoms with Crippen LogP contribution in [0.1, 0.15) is 48.0 Å². The maximum absolute atomic E-state index is 12.1. The average Bonchev–Trinajstić information content (AvgIpc) is 2.79. The minimum atomic E-state index is -0.463. The topological polar surface area (TPSA) is 41.9 Å². The smallest absolute Gasteiger partial charge is 0.410 e. The molecule has 0 aromatic rings. The maximum atomic E-state index is 12.1. The molecule has 0 unspecified atom stereocenters. The molecule has 1 aliphatic heterocycles. The van der Waals surface area contributed by atoms with Crippen molar-refractivity contribution in [2.45, 2.75) is 53.6 Å². The number of thioether (sulfide) groups is 1. The van der Waals surface area contributed by atoms with Gasteiger partial charge in [-0.3, -0.25) is 4.90 Å². The third-order valence-corrected chi connectivity index (χ3v) is 4.26. The zero-order valence-corrected chi connectivity index (χ0v) is 15.6. The fourth-order valence-electron chi connectivity index (χ4n) is 2.02. The number of ether oxygens (including phenoxy) is 1. The van der Waals surface area contributed by atoms with Crippen LogP contribution in [0.2, 0.25) is 0 Å². The predicted molar refractivity (Wildman–Crippen MR) is 95.5 cm³/mol. The van der Waals surface area contributed by atoms with Crippen LogP contribution in [0.25, 0.3) is 0 Å². The number of rotatable bonds is 4. The monoisotopic (exact) mass is 324 g/mol. The lowest BCUT2D eigenvalue weighted by molar-refractivity contribution is 0.0300. The van der Waals surface area contributed by atoms with E-state index in [2.05, 4.69) is 18.8 Å². The maximum Gasteiger partial charge on any atom is 0.410 e. The highest BCUT2D eigenvalue weighted by molar-refractivity contribution is 8.02. The van der Waals surface area contributed by atoms with Crippen LogP contribution in [0, 0.1) is 0 Å². The zero-order chi connectivity index (χ0) is 16.9. The highest BCUT2D eigenvalue weighted by atomic mass is 32.2. The van der Waals surface area contributed by atoms with Gasteiger partial charge in [-0.25, -0.2) is 9.79 Å². The van der Waals surface area contributed by atoms with Gasteiger partial charge in [-0.05, 0) is 64.0 Å². The van der Waals surface area contributed by atoms with Crippen molar-refractivity contribution in [2.75, 3.05) is 19.3 Å². The molecule has 0 bridgehead atoms. The molecule has 124 valence electrons. The molecule has 0 aromatic carbocycles. The van der Waals surface area contributed by atoms with E-state index in [9.17, 15) is 4.79 Å². The van der Waals surface area contributed by atoms with E-state index < -0.39 is 5.60 Å². The summed E-state index contributed by atoms with van der Waals surface area (Å²) in [6.07, 6.45) is 4.66. The van der Waals surface area contributed by atoms with Crippen molar-refractivity contribution in [1.29, 1.82) is 0 Å². The number of allylic oxidation sites excluding steroid dienone is 1. The van der Waals surface area contributed by atoms with Crippen molar-refractivity contribution in [1.82, 2.24) is 4.90 Å². The molecule has 0 radical (unpaired) electrons. The van der Waals surface area contributed by atoms with E-state index >= 15 is 0 Å². The summed E-state index contributed by atoms with van der Waals surface area (Å²) in [7, 11) is 0. The first-order valence-corrected chi connectivity index (χ1v) is 8.84. The first-order chi connectivity index (χ1) is 10.2. The van der Waals surface area contributed by atoms with Crippen molar-refractivity contribution in [2.24, 2.45) is 4.99 Å². The Balaban J connectivity index is 2.75. The van der Waals surface area contributed by atoms with E-state index in [4.69, 9.17) is 4.74 Å². The van der Waals surface area contributed by atoms with Crippen molar-refractivity contribution in [3.8, 4) is 0 Å². The van der Waals surface area contributed by atoms with Crippen LogP contribution >= 0.6 is 11.8 Å². The Labute approximate surface area is 138 Å². The predicted octanol–water partition coefficient (Wildman–Crippen LogP) is 4.63. The van der Waals surface area contributed by atoms with Gasteiger partial charge < -0.3 is 4.74 Å². The molecule has 1 aliphatic rings. The molecule has 5 heteroatoms. The first-order valence-electron chi connectivity index (χ1n) is 7.62. The van der Waals surface area contributed by atoms with E-state index in [0.29, 0.717) is 13.1 Å². The fraction of sp³-hybridized carbons (Fsp3) is 0.647. The molecule has 1 rings (SSSR count). The van der Waals surface area contributed by atoms with Crippen LogP contribution in [-0.4, -0.2) is 42.2 Å². The fourth-order valence-corrected chi connectivity index (χ4v) is 2.67. The Hall–Kier alpha value is -1.23. The largest absolute Gasteiger partial charge is 0.444 e. The lowest BCUT2D eigenvalue weighted by Gasteiger charge is -2.24. The van der Waals surface area contributed by atoms with Crippen LogP contribution in [0.5, 0.6) is 0 Å². The van der Waals surface area contributed by atoms with Crippen molar-refractivity contribution in [3.63, 3.8) is 0 Å². The van der Waals surface area contributed by atoms with Crippen LogP contribution < -0.4 is 0 Å². The molecule has 1 heterocycles. The van der Waals surface area contributed by atoms with Gasteiger partial charge in [-0.1, -0.05) is 6.92 Å². The van der Waals surface area contributed by atoms with Crippen molar-refractivity contribution >= 4 is 24.1 Å². The molecule has 0 spiro atoms. The standard InChI is InChI=1S/C17H28N2O2S/c1-8-12(2)15(22-7)18-9-14-11-19(10-13(14)3)16(20)21-17(4,5)6/h9H,8,10-11H2,1-7H3/b15-12-,18-9-. The number of carbonyl (C=O) groups is 1. The lowest BCUT2D eigenvalue weighted by Crippen LogP contribution is -2.35. The second-order valence-electron chi connectivity index (χ2n) is 6.54. The molecule has 0 aromatic heterocycles. The van der Waals surface area contributed by atoms with Gasteiger partial charge in [0.15, 0.2) is 0 Å². The second-order valence-corrected chi connectivity index (χ2v) is 7.34. The van der Waals surface area contributed by atoms with Crippen LogP contribution in [0.4, 0.5) is 4.79 Å². The molecule has 0 N–H and O–H groups in total. The lowest BCUT2D eigenvalue weighted by atomic mass is 10.2. The summed E-state index contributed by atoms with van der Waals surface area (Å²) in [6, 6.07) is 0. The number of hydrogen-bond donors (Lipinski definition) is 0. The summed E-state index contributed by atoms with van der Waals surface area (Å²) in [5.41, 5.74) is 3.09. The number of carbonyl (C=O) groups excluding carboxylic acids is 1. The molecule has 0 aliphatic carbocycles. The van der Waals surface area contributed by atoms with Crippen LogP contribution in [-0.2, 0) is 4.74 Å². The molecule has 0 saturated carbocycles. The highest BCUT2D eigenvalue weighted by Gasteiger charge is 2.27. The van der Waals surface area contributed by atoms with E-state index in [1.54, 1.807) is 16.7 Å². The summed E-state index contributed by atoms with van der Waals surface area (Å²) in [4.78, 5) is 18.4. The molecule has 0 fully saturated rings. The summed E-state index contributed by atoms with van der Waals surface area (Å²) in [5.74, 6) is 0. The molecular formula is C17H28N2O2S. The van der Waals surface area contributed by atoms with Crippen molar-refractivity contribution in [3.05, 3.63) is 21.7 Å². The Kier molecular flexibility index (Phi) is 6.72. The van der Waals surface area contributed by atoms with Crippen LogP contribution in [0.3, 0.4) is 0 Å². The molecule has 1 amide bonds. The second kappa shape index (κ2) is 7.86. The Morgan fingerprint density at radius 2 is 2.05 bits per heavy atom. The quantitative estimate of drug-likeness (QED) is 0.708. The van der Waals surface area contributed by atoms with Gasteiger partial charge >= 0.3 is 6.09 Å². The SMILES string of the molecule is CC/C(C)=C(/N=C\C1=C(C)CN(C(=O)OC(C)(C)C)C1)SC. The molecule has 0 saturated heterocycles. The van der Waals surface area contributed by atoms with Gasteiger partial charge in [-0.2, -0.15) is 0 Å². The highest BCUT2D eigenvalue weighted by Crippen LogP contribution is 2.23. The minimum absolute atomic E-state index is 0.263. The normalized spacial score (nSPS) is 17.3. The Morgan fingerprint density at radius 1 is 1.41 bits per heavy atom. The molecule has 4 nitrogen and oxygen atoms in total.